The molecule has 2 aromatic carbocycles. The number of benzene rings is 2. The van der Waals surface area contributed by atoms with Crippen LogP contribution in [0.25, 0.3) is 5.95 Å². The number of nitrogens with zero attached hydrogens (tertiary/aromatic N) is 6. The zero-order valence-corrected chi connectivity index (χ0v) is 23.6. The van der Waals surface area contributed by atoms with Gasteiger partial charge in [-0.1, -0.05) is 6.07 Å². The average Bonchev–Trinajstić information content (AvgIpc) is 3.74. The number of hydrogen-bond acceptors (Lipinski definition) is 10. The molecule has 13 heteroatoms. The van der Waals surface area contributed by atoms with Crippen LogP contribution in [-0.4, -0.2) is 82.5 Å². The third-order valence-corrected chi connectivity index (χ3v) is 7.26. The first-order chi connectivity index (χ1) is 21.1. The van der Waals surface area contributed by atoms with Gasteiger partial charge in [0.15, 0.2) is 11.5 Å². The van der Waals surface area contributed by atoms with Gasteiger partial charge in [0.05, 0.1) is 13.2 Å². The van der Waals surface area contributed by atoms with E-state index in [-0.39, 0.29) is 19.1 Å². The molecule has 4 aromatic rings. The second-order valence-corrected chi connectivity index (χ2v) is 10.0. The molecular formula is C30H31N7O6. The molecule has 2 aliphatic rings. The predicted molar refractivity (Wildman–Crippen MR) is 155 cm³/mol. The van der Waals surface area contributed by atoms with Crippen molar-refractivity contribution in [2.75, 3.05) is 45.0 Å². The van der Waals surface area contributed by atoms with Gasteiger partial charge in [0.1, 0.15) is 23.6 Å². The average molecular weight is 586 g/mol. The molecule has 2 amide bonds. The first-order valence-corrected chi connectivity index (χ1v) is 13.9. The third kappa shape index (κ3) is 6.61. The van der Waals surface area contributed by atoms with Crippen LogP contribution in [0.15, 0.2) is 73.4 Å². The van der Waals surface area contributed by atoms with Crippen molar-refractivity contribution >= 4 is 17.8 Å². The van der Waals surface area contributed by atoms with Crippen molar-refractivity contribution in [2.24, 2.45) is 0 Å². The summed E-state index contributed by atoms with van der Waals surface area (Å²) < 4.78 is 23.4. The summed E-state index contributed by atoms with van der Waals surface area (Å²) in [6, 6.07) is 13.9. The summed E-state index contributed by atoms with van der Waals surface area (Å²) in [5.41, 5.74) is 1.02. The van der Waals surface area contributed by atoms with Crippen LogP contribution in [0.5, 0.6) is 23.0 Å². The van der Waals surface area contributed by atoms with Crippen LogP contribution in [0.3, 0.4) is 0 Å². The van der Waals surface area contributed by atoms with Gasteiger partial charge in [-0.15, -0.1) is 0 Å². The molecule has 6 rings (SSSR count). The molecule has 1 unspecified atom stereocenters. The van der Waals surface area contributed by atoms with Gasteiger partial charge in [0, 0.05) is 51.2 Å². The molecule has 1 fully saturated rings. The summed E-state index contributed by atoms with van der Waals surface area (Å²) in [5, 5.41) is 2.99. The van der Waals surface area contributed by atoms with E-state index in [1.54, 1.807) is 65.8 Å². The van der Waals surface area contributed by atoms with Crippen molar-refractivity contribution in [3.8, 4) is 28.9 Å². The second-order valence-electron chi connectivity index (χ2n) is 10.0. The number of aromatic nitrogens is 4. The highest BCUT2D eigenvalue weighted by Gasteiger charge is 2.34. The predicted octanol–water partition coefficient (Wildman–Crippen LogP) is 2.84. The molecule has 4 heterocycles. The summed E-state index contributed by atoms with van der Waals surface area (Å²) in [7, 11) is 1.57. The molecule has 1 N–H and O–H groups in total. The molecule has 0 radical (unpaired) electrons. The molecule has 2 aromatic heterocycles. The summed E-state index contributed by atoms with van der Waals surface area (Å²) in [5.74, 6) is 3.47. The quantitative estimate of drug-likeness (QED) is 0.313. The minimum atomic E-state index is -0.523. The molecular weight excluding hydrogens is 554 g/mol. The summed E-state index contributed by atoms with van der Waals surface area (Å²) in [6.07, 6.45) is 6.93. The maximum absolute atomic E-state index is 13.3. The van der Waals surface area contributed by atoms with Crippen LogP contribution < -0.4 is 29.2 Å². The fourth-order valence-electron chi connectivity index (χ4n) is 5.03. The number of carbonyl (C=O) groups is 2. The number of amides is 2. The Morgan fingerprint density at radius 3 is 2.67 bits per heavy atom. The minimum Gasteiger partial charge on any atom is -0.497 e. The van der Waals surface area contributed by atoms with Crippen LogP contribution in [0, 0.1) is 0 Å². The maximum atomic E-state index is 13.3. The molecule has 0 aliphatic carbocycles. The topological polar surface area (TPSA) is 133 Å². The molecule has 13 nitrogen and oxygen atoms in total. The van der Waals surface area contributed by atoms with E-state index in [1.165, 1.54) is 0 Å². The molecule has 2 aliphatic heterocycles. The van der Waals surface area contributed by atoms with Crippen molar-refractivity contribution < 1.29 is 28.5 Å². The number of nitrogens with one attached hydrogen (secondary N) is 1. The van der Waals surface area contributed by atoms with Gasteiger partial charge < -0.3 is 34.1 Å². The second kappa shape index (κ2) is 12.7. The Morgan fingerprint density at radius 2 is 1.86 bits per heavy atom. The van der Waals surface area contributed by atoms with E-state index in [9.17, 15) is 9.59 Å². The smallest absolute Gasteiger partial charge is 0.415 e. The van der Waals surface area contributed by atoms with E-state index >= 15 is 0 Å². The van der Waals surface area contributed by atoms with Crippen molar-refractivity contribution in [3.63, 3.8) is 0 Å². The van der Waals surface area contributed by atoms with Crippen molar-refractivity contribution in [1.82, 2.24) is 29.7 Å². The molecule has 222 valence electrons. The SMILES string of the molecule is COc1ccc(OC(=O)N2CCN(c3ccnc(-n4ccnc4)n3)CC2CC(=O)NCCc2ccc3c(c2)OCO3)cc1. The van der Waals surface area contributed by atoms with Crippen molar-refractivity contribution in [2.45, 2.75) is 18.9 Å². The van der Waals surface area contributed by atoms with Gasteiger partial charge in [-0.3, -0.25) is 9.36 Å². The number of piperazine rings is 1. The van der Waals surface area contributed by atoms with E-state index in [0.29, 0.717) is 61.6 Å². The summed E-state index contributed by atoms with van der Waals surface area (Å²) >= 11 is 0. The number of hydrogen-bond donors (Lipinski definition) is 1. The van der Waals surface area contributed by atoms with Gasteiger partial charge in [0.25, 0.3) is 0 Å². The van der Waals surface area contributed by atoms with Crippen LogP contribution in [0.4, 0.5) is 10.6 Å². The number of ether oxygens (including phenoxy) is 4. The van der Waals surface area contributed by atoms with E-state index in [4.69, 9.17) is 18.9 Å². The summed E-state index contributed by atoms with van der Waals surface area (Å²) in [4.78, 5) is 43.2. The van der Waals surface area contributed by atoms with Crippen LogP contribution in [-0.2, 0) is 11.2 Å². The molecule has 43 heavy (non-hydrogen) atoms. The first-order valence-electron chi connectivity index (χ1n) is 13.9. The first kappa shape index (κ1) is 27.8. The number of carbonyl (C=O) groups excluding carboxylic acids is 2. The number of rotatable bonds is 9. The lowest BCUT2D eigenvalue weighted by Gasteiger charge is -2.41. The molecule has 0 saturated carbocycles. The van der Waals surface area contributed by atoms with Crippen LogP contribution in [0.2, 0.25) is 0 Å². The zero-order chi connectivity index (χ0) is 29.6. The number of fused-ring (bicyclic) bond motifs is 1. The van der Waals surface area contributed by atoms with Gasteiger partial charge >= 0.3 is 6.09 Å². The fourth-order valence-corrected chi connectivity index (χ4v) is 5.03. The number of imidazole rings is 1. The Kier molecular flexibility index (Phi) is 8.20. The number of methoxy groups -OCH3 is 1. The Hall–Kier alpha value is -5.33. The lowest BCUT2D eigenvalue weighted by Crippen LogP contribution is -2.57. The van der Waals surface area contributed by atoms with E-state index in [2.05, 4.69) is 20.3 Å². The van der Waals surface area contributed by atoms with Crippen molar-refractivity contribution in [1.29, 1.82) is 0 Å². The van der Waals surface area contributed by atoms with Crippen LogP contribution >= 0.6 is 0 Å². The Balaban J connectivity index is 1.13. The van der Waals surface area contributed by atoms with E-state index in [1.807, 2.05) is 29.2 Å². The zero-order valence-electron chi connectivity index (χ0n) is 23.6. The van der Waals surface area contributed by atoms with Gasteiger partial charge in [-0.2, -0.15) is 4.98 Å². The largest absolute Gasteiger partial charge is 0.497 e. The van der Waals surface area contributed by atoms with Crippen LogP contribution in [0.1, 0.15) is 12.0 Å². The lowest BCUT2D eigenvalue weighted by atomic mass is 10.1. The van der Waals surface area contributed by atoms with Gasteiger partial charge in [-0.25, -0.2) is 14.8 Å². The highest BCUT2D eigenvalue weighted by atomic mass is 16.7. The molecule has 1 atom stereocenters. The summed E-state index contributed by atoms with van der Waals surface area (Å²) in [6.45, 7) is 1.87. The number of anilines is 1. The molecule has 0 bridgehead atoms. The third-order valence-electron chi connectivity index (χ3n) is 7.26. The standard InChI is InChI=1S/C30H31N7O6/c1-40-23-3-5-24(6-4-23)43-30(39)37-15-14-35(27-9-11-33-29(34-27)36-13-12-31-19-36)18-22(37)17-28(38)32-10-8-21-2-7-25-26(16-21)42-20-41-25/h2-7,9,11-13,16,19,22H,8,10,14-15,17-18,20H2,1H3,(H,32,38). The van der Waals surface area contributed by atoms with Gasteiger partial charge in [0.2, 0.25) is 18.6 Å². The van der Waals surface area contributed by atoms with E-state index in [0.717, 1.165) is 11.3 Å². The Labute approximate surface area is 248 Å². The van der Waals surface area contributed by atoms with E-state index < -0.39 is 12.1 Å². The Bertz CT molecular complexity index is 1560. The lowest BCUT2D eigenvalue weighted by molar-refractivity contribution is -0.122. The highest BCUT2D eigenvalue weighted by molar-refractivity contribution is 5.78. The monoisotopic (exact) mass is 585 g/mol. The molecule has 0 spiro atoms. The maximum Gasteiger partial charge on any atom is 0.415 e. The normalized spacial score (nSPS) is 15.7. The Morgan fingerprint density at radius 1 is 1.02 bits per heavy atom. The molecule has 1 saturated heterocycles. The fraction of sp³-hybridized carbons (Fsp3) is 0.300. The highest BCUT2D eigenvalue weighted by Crippen LogP contribution is 2.32. The van der Waals surface area contributed by atoms with Crippen molar-refractivity contribution in [3.05, 3.63) is 79.0 Å². The van der Waals surface area contributed by atoms with Gasteiger partial charge in [-0.05, 0) is 54.4 Å². The minimum absolute atomic E-state index is 0.0921.